The topological polar surface area (TPSA) is 74.7 Å². The third-order valence-electron chi connectivity index (χ3n) is 2.38. The Morgan fingerprint density at radius 2 is 2.29 bits per heavy atom. The predicted molar refractivity (Wildman–Crippen MR) is 62.3 cm³/mol. The number of nitrogens with zero attached hydrogens (tertiary/aromatic N) is 3. The lowest BCUT2D eigenvalue weighted by molar-refractivity contribution is 0.391. The van der Waals surface area contributed by atoms with Gasteiger partial charge in [0.1, 0.15) is 23.3 Å². The maximum atomic E-state index is 9.04. The van der Waals surface area contributed by atoms with Gasteiger partial charge in [0.15, 0.2) is 0 Å². The number of nitriles is 1. The summed E-state index contributed by atoms with van der Waals surface area (Å²) in [6.45, 7) is 4.20. The first kappa shape index (κ1) is 11.1. The molecule has 2 heterocycles. The van der Waals surface area contributed by atoms with Gasteiger partial charge >= 0.3 is 0 Å². The number of anilines is 1. The molecule has 86 valence electrons. The molecule has 0 fully saturated rings. The van der Waals surface area contributed by atoms with Gasteiger partial charge in [-0.25, -0.2) is 4.98 Å². The molecule has 5 heteroatoms. The molecule has 0 radical (unpaired) electrons. The second-order valence-electron chi connectivity index (χ2n) is 3.75. The molecule has 0 aliphatic rings. The number of rotatable bonds is 3. The van der Waals surface area contributed by atoms with E-state index in [2.05, 4.69) is 21.5 Å². The first-order valence-corrected chi connectivity index (χ1v) is 5.22. The van der Waals surface area contributed by atoms with Gasteiger partial charge in [-0.3, -0.25) is 0 Å². The van der Waals surface area contributed by atoms with Crippen molar-refractivity contribution in [2.24, 2.45) is 0 Å². The number of aryl methyl sites for hydroxylation is 2. The van der Waals surface area contributed by atoms with Crippen LogP contribution in [-0.4, -0.2) is 10.1 Å². The fourth-order valence-corrected chi connectivity index (χ4v) is 1.51. The van der Waals surface area contributed by atoms with E-state index in [4.69, 9.17) is 9.78 Å². The Morgan fingerprint density at radius 1 is 1.47 bits per heavy atom. The van der Waals surface area contributed by atoms with Crippen molar-refractivity contribution in [1.29, 1.82) is 5.26 Å². The number of aromatic nitrogens is 2. The van der Waals surface area contributed by atoms with Crippen molar-refractivity contribution in [2.75, 3.05) is 5.32 Å². The summed E-state index contributed by atoms with van der Waals surface area (Å²) in [5, 5.41) is 16.0. The first-order chi connectivity index (χ1) is 8.20. The molecule has 2 rings (SSSR count). The van der Waals surface area contributed by atoms with Gasteiger partial charge in [-0.15, -0.1) is 0 Å². The lowest BCUT2D eigenvalue weighted by Crippen LogP contribution is -2.04. The summed E-state index contributed by atoms with van der Waals surface area (Å²) in [7, 11) is 0. The normalized spacial score (nSPS) is 9.94. The van der Waals surface area contributed by atoms with Crippen LogP contribution in [0.3, 0.4) is 0 Å². The predicted octanol–water partition coefficient (Wildman–Crippen LogP) is 2.17. The van der Waals surface area contributed by atoms with Gasteiger partial charge in [-0.05, 0) is 25.5 Å². The second kappa shape index (κ2) is 4.66. The largest absolute Gasteiger partial charge is 0.363 e. The van der Waals surface area contributed by atoms with Gasteiger partial charge in [0.25, 0.3) is 0 Å². The van der Waals surface area contributed by atoms with Gasteiger partial charge in [0.2, 0.25) is 0 Å². The van der Waals surface area contributed by atoms with Gasteiger partial charge in [-0.1, -0.05) is 5.16 Å². The van der Waals surface area contributed by atoms with Crippen LogP contribution in [0.2, 0.25) is 0 Å². The molecule has 1 N–H and O–H groups in total. The number of pyridine rings is 1. The third-order valence-corrected chi connectivity index (χ3v) is 2.38. The van der Waals surface area contributed by atoms with E-state index in [9.17, 15) is 0 Å². The lowest BCUT2D eigenvalue weighted by atomic mass is 10.1. The molecule has 17 heavy (non-hydrogen) atoms. The Hall–Kier alpha value is -2.35. The maximum Gasteiger partial charge on any atom is 0.144 e. The van der Waals surface area contributed by atoms with Gasteiger partial charge in [0.05, 0.1) is 12.1 Å². The van der Waals surface area contributed by atoms with Crippen molar-refractivity contribution in [3.05, 3.63) is 40.9 Å². The van der Waals surface area contributed by atoms with Crippen molar-refractivity contribution in [3.63, 3.8) is 0 Å². The average Bonchev–Trinajstić information content (AvgIpc) is 2.72. The van der Waals surface area contributed by atoms with E-state index < -0.39 is 0 Å². The zero-order chi connectivity index (χ0) is 12.3. The summed E-state index contributed by atoms with van der Waals surface area (Å²) in [4.78, 5) is 4.14. The van der Waals surface area contributed by atoms with Crippen molar-refractivity contribution in [2.45, 2.75) is 20.4 Å². The van der Waals surface area contributed by atoms with E-state index in [1.165, 1.54) is 0 Å². The van der Waals surface area contributed by atoms with Crippen LogP contribution >= 0.6 is 0 Å². The molecule has 2 aromatic heterocycles. The van der Waals surface area contributed by atoms with Crippen LogP contribution in [0.15, 0.2) is 22.9 Å². The SMILES string of the molecule is Cc1cc(CNc2nccc(C)c2C#N)no1. The van der Waals surface area contributed by atoms with Gasteiger partial charge in [0, 0.05) is 12.3 Å². The van der Waals surface area contributed by atoms with E-state index in [0.717, 1.165) is 17.0 Å². The summed E-state index contributed by atoms with van der Waals surface area (Å²) in [6, 6.07) is 5.79. The minimum Gasteiger partial charge on any atom is -0.363 e. The zero-order valence-electron chi connectivity index (χ0n) is 9.69. The monoisotopic (exact) mass is 228 g/mol. The fraction of sp³-hybridized carbons (Fsp3) is 0.250. The molecule has 0 amide bonds. The molecule has 0 saturated heterocycles. The van der Waals surface area contributed by atoms with Crippen molar-refractivity contribution < 1.29 is 4.52 Å². The van der Waals surface area contributed by atoms with Crippen molar-refractivity contribution in [3.8, 4) is 6.07 Å². The Bertz CT molecular complexity index is 568. The number of nitrogens with one attached hydrogen (secondary N) is 1. The highest BCUT2D eigenvalue weighted by atomic mass is 16.5. The molecule has 0 bridgehead atoms. The Labute approximate surface area is 99.1 Å². The van der Waals surface area contributed by atoms with E-state index in [1.807, 2.05) is 26.0 Å². The van der Waals surface area contributed by atoms with Crippen LogP contribution in [0.5, 0.6) is 0 Å². The minimum absolute atomic E-state index is 0.489. The standard InChI is InChI=1S/C12H12N4O/c1-8-3-4-14-12(11(8)6-13)15-7-10-5-9(2)17-16-10/h3-5H,7H2,1-2H3,(H,14,15). The molecular formula is C12H12N4O. The molecule has 0 saturated carbocycles. The highest BCUT2D eigenvalue weighted by molar-refractivity contribution is 5.55. The van der Waals surface area contributed by atoms with Gasteiger partial charge < -0.3 is 9.84 Å². The van der Waals surface area contributed by atoms with Crippen LogP contribution in [0.25, 0.3) is 0 Å². The van der Waals surface area contributed by atoms with E-state index in [1.54, 1.807) is 6.20 Å². The highest BCUT2D eigenvalue weighted by Gasteiger charge is 2.07. The molecule has 0 unspecified atom stereocenters. The van der Waals surface area contributed by atoms with Crippen LogP contribution in [0.4, 0.5) is 5.82 Å². The molecule has 0 spiro atoms. The van der Waals surface area contributed by atoms with E-state index in [0.29, 0.717) is 17.9 Å². The molecular weight excluding hydrogens is 216 g/mol. The van der Waals surface area contributed by atoms with E-state index >= 15 is 0 Å². The summed E-state index contributed by atoms with van der Waals surface area (Å²) >= 11 is 0. The smallest absolute Gasteiger partial charge is 0.144 e. The Kier molecular flexibility index (Phi) is 3.06. The van der Waals surface area contributed by atoms with Crippen molar-refractivity contribution in [1.82, 2.24) is 10.1 Å². The zero-order valence-corrected chi connectivity index (χ0v) is 9.69. The Balaban J connectivity index is 2.14. The molecule has 0 aromatic carbocycles. The molecule has 5 nitrogen and oxygen atoms in total. The molecule has 0 aliphatic carbocycles. The number of hydrogen-bond donors (Lipinski definition) is 1. The second-order valence-corrected chi connectivity index (χ2v) is 3.75. The minimum atomic E-state index is 0.489. The summed E-state index contributed by atoms with van der Waals surface area (Å²) in [5.74, 6) is 1.34. The number of hydrogen-bond acceptors (Lipinski definition) is 5. The fourth-order valence-electron chi connectivity index (χ4n) is 1.51. The van der Waals surface area contributed by atoms with Crippen molar-refractivity contribution >= 4 is 5.82 Å². The molecule has 0 atom stereocenters. The third kappa shape index (κ3) is 2.42. The quantitative estimate of drug-likeness (QED) is 0.871. The maximum absolute atomic E-state index is 9.04. The molecule has 2 aromatic rings. The summed E-state index contributed by atoms with van der Waals surface area (Å²) in [5.41, 5.74) is 2.25. The summed E-state index contributed by atoms with van der Waals surface area (Å²) < 4.78 is 4.96. The van der Waals surface area contributed by atoms with Crippen LogP contribution in [0.1, 0.15) is 22.6 Å². The molecule has 0 aliphatic heterocycles. The van der Waals surface area contributed by atoms with Crippen LogP contribution < -0.4 is 5.32 Å². The van der Waals surface area contributed by atoms with Crippen LogP contribution in [0, 0.1) is 25.2 Å². The Morgan fingerprint density at radius 3 is 2.94 bits per heavy atom. The lowest BCUT2D eigenvalue weighted by Gasteiger charge is -2.06. The highest BCUT2D eigenvalue weighted by Crippen LogP contribution is 2.15. The first-order valence-electron chi connectivity index (χ1n) is 5.22. The van der Waals surface area contributed by atoms with Gasteiger partial charge in [-0.2, -0.15) is 5.26 Å². The van der Waals surface area contributed by atoms with Crippen LogP contribution in [-0.2, 0) is 6.54 Å². The summed E-state index contributed by atoms with van der Waals surface area (Å²) in [6.07, 6.45) is 1.67. The average molecular weight is 228 g/mol. The van der Waals surface area contributed by atoms with E-state index in [-0.39, 0.29) is 0 Å².